The standard InChI is InChI=1S/C12H20N4/c1-2-9-11-8(6-7-13)4-3-5-10(11)16-12(14)15-9/h8H,2-7,13H2,1H3,(H2,14,15,16). The maximum atomic E-state index is 5.73. The van der Waals surface area contributed by atoms with Crippen LogP contribution in [0.3, 0.4) is 0 Å². The largest absolute Gasteiger partial charge is 0.368 e. The Balaban J connectivity index is 2.44. The lowest BCUT2D eigenvalue weighted by molar-refractivity contribution is 0.510. The fourth-order valence-corrected chi connectivity index (χ4v) is 2.67. The van der Waals surface area contributed by atoms with Crippen LogP contribution in [0.1, 0.15) is 49.1 Å². The summed E-state index contributed by atoms with van der Waals surface area (Å²) in [6, 6.07) is 0. The normalized spacial score (nSPS) is 19.5. The fourth-order valence-electron chi connectivity index (χ4n) is 2.67. The minimum atomic E-state index is 0.420. The number of hydrogen-bond acceptors (Lipinski definition) is 4. The van der Waals surface area contributed by atoms with Crippen molar-refractivity contribution >= 4 is 5.95 Å². The average Bonchev–Trinajstić information content (AvgIpc) is 2.28. The van der Waals surface area contributed by atoms with Crippen LogP contribution in [-0.2, 0) is 12.8 Å². The molecule has 1 aromatic heterocycles. The van der Waals surface area contributed by atoms with Gasteiger partial charge in [0.15, 0.2) is 0 Å². The van der Waals surface area contributed by atoms with Gasteiger partial charge in [0.1, 0.15) is 0 Å². The van der Waals surface area contributed by atoms with E-state index in [0.717, 1.165) is 37.2 Å². The molecule has 0 saturated heterocycles. The number of hydrogen-bond donors (Lipinski definition) is 2. The molecule has 0 spiro atoms. The molecule has 1 heterocycles. The van der Waals surface area contributed by atoms with Gasteiger partial charge in [0.05, 0.1) is 0 Å². The number of aryl methyl sites for hydroxylation is 2. The Hall–Kier alpha value is -1.16. The number of anilines is 1. The summed E-state index contributed by atoms with van der Waals surface area (Å²) in [6.45, 7) is 2.85. The molecule has 4 heteroatoms. The van der Waals surface area contributed by atoms with Gasteiger partial charge in [0, 0.05) is 11.4 Å². The summed E-state index contributed by atoms with van der Waals surface area (Å²) in [5.41, 5.74) is 15.0. The second-order valence-corrected chi connectivity index (χ2v) is 4.41. The van der Waals surface area contributed by atoms with Crippen molar-refractivity contribution in [1.82, 2.24) is 9.97 Å². The molecule has 0 aromatic carbocycles. The quantitative estimate of drug-likeness (QED) is 0.807. The molecule has 2 rings (SSSR count). The smallest absolute Gasteiger partial charge is 0.220 e. The number of nitrogens with zero attached hydrogens (tertiary/aromatic N) is 2. The van der Waals surface area contributed by atoms with E-state index in [1.807, 2.05) is 0 Å². The third kappa shape index (κ3) is 2.02. The Bertz CT molecular complexity index is 358. The van der Waals surface area contributed by atoms with Gasteiger partial charge in [-0.25, -0.2) is 9.97 Å². The minimum Gasteiger partial charge on any atom is -0.368 e. The van der Waals surface area contributed by atoms with Crippen molar-refractivity contribution in [3.8, 4) is 0 Å². The summed E-state index contributed by atoms with van der Waals surface area (Å²) < 4.78 is 0. The second-order valence-electron chi connectivity index (χ2n) is 4.41. The number of aromatic nitrogens is 2. The third-order valence-corrected chi connectivity index (χ3v) is 3.35. The first-order chi connectivity index (χ1) is 7.76. The second kappa shape index (κ2) is 4.78. The highest BCUT2D eigenvalue weighted by Gasteiger charge is 2.24. The number of nitrogen functional groups attached to an aromatic ring is 1. The highest BCUT2D eigenvalue weighted by atomic mass is 15.0. The lowest BCUT2D eigenvalue weighted by Gasteiger charge is -2.26. The van der Waals surface area contributed by atoms with E-state index in [1.54, 1.807) is 0 Å². The Kier molecular flexibility index (Phi) is 3.39. The van der Waals surface area contributed by atoms with Crippen LogP contribution in [0.5, 0.6) is 0 Å². The first kappa shape index (κ1) is 11.3. The van der Waals surface area contributed by atoms with E-state index < -0.39 is 0 Å². The van der Waals surface area contributed by atoms with Gasteiger partial charge in [-0.05, 0) is 50.1 Å². The molecule has 1 aliphatic carbocycles. The molecule has 0 amide bonds. The average molecular weight is 220 g/mol. The highest BCUT2D eigenvalue weighted by Crippen LogP contribution is 2.35. The molecule has 0 bridgehead atoms. The molecule has 1 aliphatic rings. The first-order valence-corrected chi connectivity index (χ1v) is 6.11. The Morgan fingerprint density at radius 3 is 2.88 bits per heavy atom. The van der Waals surface area contributed by atoms with Gasteiger partial charge in [0.25, 0.3) is 0 Å². The van der Waals surface area contributed by atoms with Gasteiger partial charge in [-0.15, -0.1) is 0 Å². The summed E-state index contributed by atoms with van der Waals surface area (Å²) in [5, 5.41) is 0. The van der Waals surface area contributed by atoms with Crippen LogP contribution in [0, 0.1) is 0 Å². The van der Waals surface area contributed by atoms with Crippen LogP contribution in [0.4, 0.5) is 5.95 Å². The molecule has 0 saturated carbocycles. The minimum absolute atomic E-state index is 0.420. The molecular weight excluding hydrogens is 200 g/mol. The van der Waals surface area contributed by atoms with Crippen molar-refractivity contribution in [2.24, 2.45) is 5.73 Å². The molecule has 0 radical (unpaired) electrons. The zero-order valence-corrected chi connectivity index (χ0v) is 9.87. The van der Waals surface area contributed by atoms with Gasteiger partial charge < -0.3 is 11.5 Å². The zero-order valence-electron chi connectivity index (χ0n) is 9.87. The molecule has 0 fully saturated rings. The van der Waals surface area contributed by atoms with Crippen molar-refractivity contribution in [1.29, 1.82) is 0 Å². The molecule has 1 unspecified atom stereocenters. The molecule has 16 heavy (non-hydrogen) atoms. The van der Waals surface area contributed by atoms with Crippen LogP contribution in [0.2, 0.25) is 0 Å². The summed E-state index contributed by atoms with van der Waals surface area (Å²) in [7, 11) is 0. The van der Waals surface area contributed by atoms with Crippen molar-refractivity contribution in [2.75, 3.05) is 12.3 Å². The van der Waals surface area contributed by atoms with Crippen LogP contribution in [0.15, 0.2) is 0 Å². The molecular formula is C12H20N4. The van der Waals surface area contributed by atoms with Crippen LogP contribution in [0.25, 0.3) is 0 Å². The molecule has 88 valence electrons. The summed E-state index contributed by atoms with van der Waals surface area (Å²) in [6.07, 6.45) is 5.40. The monoisotopic (exact) mass is 220 g/mol. The van der Waals surface area contributed by atoms with Gasteiger partial charge in [-0.2, -0.15) is 0 Å². The molecule has 0 aliphatic heterocycles. The van der Waals surface area contributed by atoms with Gasteiger partial charge >= 0.3 is 0 Å². The predicted molar refractivity (Wildman–Crippen MR) is 65.2 cm³/mol. The Morgan fingerprint density at radius 2 is 2.19 bits per heavy atom. The number of nitrogens with two attached hydrogens (primary N) is 2. The third-order valence-electron chi connectivity index (χ3n) is 3.35. The lowest BCUT2D eigenvalue weighted by Crippen LogP contribution is -2.19. The van der Waals surface area contributed by atoms with Crippen molar-refractivity contribution in [3.05, 3.63) is 17.0 Å². The SMILES string of the molecule is CCc1nc(N)nc2c1C(CCN)CCC2. The summed E-state index contributed by atoms with van der Waals surface area (Å²) in [5.74, 6) is 0.966. The van der Waals surface area contributed by atoms with Crippen LogP contribution >= 0.6 is 0 Å². The maximum absolute atomic E-state index is 5.73. The Morgan fingerprint density at radius 1 is 1.38 bits per heavy atom. The maximum Gasteiger partial charge on any atom is 0.220 e. The molecule has 1 atom stereocenters. The van der Waals surface area contributed by atoms with Gasteiger partial charge in [-0.3, -0.25) is 0 Å². The van der Waals surface area contributed by atoms with E-state index in [1.165, 1.54) is 18.4 Å². The molecule has 4 nitrogen and oxygen atoms in total. The topological polar surface area (TPSA) is 77.8 Å². The van der Waals surface area contributed by atoms with E-state index in [2.05, 4.69) is 16.9 Å². The van der Waals surface area contributed by atoms with E-state index in [-0.39, 0.29) is 0 Å². The molecule has 1 aromatic rings. The Labute approximate surface area is 96.5 Å². The van der Waals surface area contributed by atoms with Crippen molar-refractivity contribution in [2.45, 2.75) is 44.9 Å². The highest BCUT2D eigenvalue weighted by molar-refractivity contribution is 5.36. The van der Waals surface area contributed by atoms with E-state index in [9.17, 15) is 0 Å². The van der Waals surface area contributed by atoms with Gasteiger partial charge in [-0.1, -0.05) is 6.92 Å². The zero-order chi connectivity index (χ0) is 11.5. The summed E-state index contributed by atoms with van der Waals surface area (Å²) >= 11 is 0. The predicted octanol–water partition coefficient (Wildman–Crippen LogP) is 1.39. The first-order valence-electron chi connectivity index (χ1n) is 6.11. The van der Waals surface area contributed by atoms with Crippen molar-refractivity contribution in [3.63, 3.8) is 0 Å². The molecule has 4 N–H and O–H groups in total. The van der Waals surface area contributed by atoms with Crippen LogP contribution < -0.4 is 11.5 Å². The fraction of sp³-hybridized carbons (Fsp3) is 0.667. The van der Waals surface area contributed by atoms with E-state index in [0.29, 0.717) is 11.9 Å². The van der Waals surface area contributed by atoms with Gasteiger partial charge in [0.2, 0.25) is 5.95 Å². The lowest BCUT2D eigenvalue weighted by atomic mass is 9.82. The van der Waals surface area contributed by atoms with E-state index >= 15 is 0 Å². The summed E-state index contributed by atoms with van der Waals surface area (Å²) in [4.78, 5) is 8.74. The van der Waals surface area contributed by atoms with E-state index in [4.69, 9.17) is 11.5 Å². The van der Waals surface area contributed by atoms with Crippen molar-refractivity contribution < 1.29 is 0 Å². The number of rotatable bonds is 3. The van der Waals surface area contributed by atoms with Crippen LogP contribution in [-0.4, -0.2) is 16.5 Å². The number of fused-ring (bicyclic) bond motifs is 1.